The number of aromatic nitrogens is 2. The summed E-state index contributed by atoms with van der Waals surface area (Å²) in [5, 5.41) is 6.57. The van der Waals surface area contributed by atoms with Crippen LogP contribution in [0.5, 0.6) is 0 Å². The standard InChI is InChI=1S/C13H21BrN4/c1-3-15-13-17-8-11(14)12(18-13)16-7-10-6-4-5-9(10)2/h8-10H,3-7H2,1-2H3,(H2,15,16,17,18). The van der Waals surface area contributed by atoms with E-state index < -0.39 is 0 Å². The molecular weight excluding hydrogens is 292 g/mol. The second kappa shape index (κ2) is 6.36. The molecule has 1 fully saturated rings. The van der Waals surface area contributed by atoms with Gasteiger partial charge in [0.25, 0.3) is 0 Å². The molecule has 0 amide bonds. The highest BCUT2D eigenvalue weighted by Gasteiger charge is 2.23. The Hall–Kier alpha value is -0.840. The number of nitrogens with one attached hydrogen (secondary N) is 2. The Morgan fingerprint density at radius 2 is 2.22 bits per heavy atom. The predicted octanol–water partition coefficient (Wildman–Crippen LogP) is 3.52. The van der Waals surface area contributed by atoms with Gasteiger partial charge in [-0.2, -0.15) is 4.98 Å². The Morgan fingerprint density at radius 1 is 1.39 bits per heavy atom. The molecule has 1 aromatic heterocycles. The van der Waals surface area contributed by atoms with Gasteiger partial charge in [-0.05, 0) is 41.1 Å². The van der Waals surface area contributed by atoms with Crippen molar-refractivity contribution in [2.45, 2.75) is 33.1 Å². The lowest BCUT2D eigenvalue weighted by molar-refractivity contribution is 0.439. The van der Waals surface area contributed by atoms with Gasteiger partial charge >= 0.3 is 0 Å². The first-order valence-electron chi connectivity index (χ1n) is 6.71. The van der Waals surface area contributed by atoms with Crippen molar-refractivity contribution in [1.29, 1.82) is 0 Å². The number of hydrogen-bond donors (Lipinski definition) is 2. The Kier molecular flexibility index (Phi) is 4.80. The van der Waals surface area contributed by atoms with Crippen LogP contribution in [0.4, 0.5) is 11.8 Å². The molecule has 1 saturated carbocycles. The van der Waals surface area contributed by atoms with E-state index in [1.807, 2.05) is 6.92 Å². The van der Waals surface area contributed by atoms with Gasteiger partial charge in [0.05, 0.1) is 4.47 Å². The van der Waals surface area contributed by atoms with Crippen LogP contribution in [0.2, 0.25) is 0 Å². The van der Waals surface area contributed by atoms with Crippen molar-refractivity contribution in [2.24, 2.45) is 11.8 Å². The molecule has 1 aliphatic rings. The Balaban J connectivity index is 1.97. The van der Waals surface area contributed by atoms with Gasteiger partial charge in [-0.15, -0.1) is 0 Å². The Morgan fingerprint density at radius 3 is 2.89 bits per heavy atom. The third-order valence-electron chi connectivity index (χ3n) is 3.65. The molecule has 2 unspecified atom stereocenters. The molecule has 1 heterocycles. The molecule has 1 aliphatic carbocycles. The molecule has 2 atom stereocenters. The van der Waals surface area contributed by atoms with Gasteiger partial charge in [0.15, 0.2) is 0 Å². The summed E-state index contributed by atoms with van der Waals surface area (Å²) < 4.78 is 0.926. The smallest absolute Gasteiger partial charge is 0.224 e. The van der Waals surface area contributed by atoms with Crippen LogP contribution >= 0.6 is 15.9 Å². The molecule has 0 saturated heterocycles. The first kappa shape index (κ1) is 13.6. The van der Waals surface area contributed by atoms with Crippen molar-refractivity contribution < 1.29 is 0 Å². The van der Waals surface area contributed by atoms with E-state index in [-0.39, 0.29) is 0 Å². The third kappa shape index (κ3) is 3.34. The predicted molar refractivity (Wildman–Crippen MR) is 78.9 cm³/mol. The molecule has 0 bridgehead atoms. The summed E-state index contributed by atoms with van der Waals surface area (Å²) in [5.74, 6) is 3.17. The van der Waals surface area contributed by atoms with Crippen molar-refractivity contribution in [3.05, 3.63) is 10.7 Å². The molecule has 5 heteroatoms. The van der Waals surface area contributed by atoms with Crippen LogP contribution in [0.15, 0.2) is 10.7 Å². The van der Waals surface area contributed by atoms with Crippen LogP contribution in [0.3, 0.4) is 0 Å². The van der Waals surface area contributed by atoms with E-state index in [0.717, 1.165) is 35.2 Å². The van der Waals surface area contributed by atoms with Crippen LogP contribution in [-0.2, 0) is 0 Å². The molecule has 2 N–H and O–H groups in total. The number of halogens is 1. The van der Waals surface area contributed by atoms with E-state index in [0.29, 0.717) is 5.95 Å². The SMILES string of the molecule is CCNc1ncc(Br)c(NCC2CCCC2C)n1. The quantitative estimate of drug-likeness (QED) is 0.873. The third-order valence-corrected chi connectivity index (χ3v) is 4.23. The molecular formula is C13H21BrN4. The molecule has 0 aromatic carbocycles. The van der Waals surface area contributed by atoms with Crippen molar-refractivity contribution in [2.75, 3.05) is 23.7 Å². The highest BCUT2D eigenvalue weighted by Crippen LogP contribution is 2.31. The minimum atomic E-state index is 0.683. The summed E-state index contributed by atoms with van der Waals surface area (Å²) in [6.45, 7) is 6.22. The maximum absolute atomic E-state index is 4.47. The van der Waals surface area contributed by atoms with Gasteiger partial charge in [-0.1, -0.05) is 19.8 Å². The van der Waals surface area contributed by atoms with Gasteiger partial charge < -0.3 is 10.6 Å². The second-order valence-corrected chi connectivity index (χ2v) is 5.82. The van der Waals surface area contributed by atoms with Gasteiger partial charge in [0.2, 0.25) is 5.95 Å². The highest BCUT2D eigenvalue weighted by atomic mass is 79.9. The molecule has 18 heavy (non-hydrogen) atoms. The molecule has 0 spiro atoms. The zero-order valence-corrected chi connectivity index (χ0v) is 12.6. The Labute approximate surface area is 117 Å². The summed E-state index contributed by atoms with van der Waals surface area (Å²) in [5.41, 5.74) is 0. The maximum Gasteiger partial charge on any atom is 0.224 e. The zero-order valence-electron chi connectivity index (χ0n) is 11.0. The summed E-state index contributed by atoms with van der Waals surface area (Å²) in [7, 11) is 0. The topological polar surface area (TPSA) is 49.8 Å². The van der Waals surface area contributed by atoms with E-state index in [1.165, 1.54) is 19.3 Å². The molecule has 0 radical (unpaired) electrons. The fraction of sp³-hybridized carbons (Fsp3) is 0.692. The number of hydrogen-bond acceptors (Lipinski definition) is 4. The number of rotatable bonds is 5. The average molecular weight is 313 g/mol. The molecule has 0 aliphatic heterocycles. The van der Waals surface area contributed by atoms with Crippen molar-refractivity contribution >= 4 is 27.7 Å². The minimum absolute atomic E-state index is 0.683. The number of anilines is 2. The average Bonchev–Trinajstić information content (AvgIpc) is 2.76. The monoisotopic (exact) mass is 312 g/mol. The maximum atomic E-state index is 4.47. The first-order valence-corrected chi connectivity index (χ1v) is 7.50. The Bertz CT molecular complexity index is 397. The molecule has 4 nitrogen and oxygen atoms in total. The summed E-state index contributed by atoms with van der Waals surface area (Å²) >= 11 is 3.49. The summed E-state index contributed by atoms with van der Waals surface area (Å²) in [6, 6.07) is 0. The molecule has 1 aromatic rings. The van der Waals surface area contributed by atoms with Crippen LogP contribution in [0.1, 0.15) is 33.1 Å². The van der Waals surface area contributed by atoms with E-state index in [1.54, 1.807) is 6.20 Å². The lowest BCUT2D eigenvalue weighted by atomic mass is 9.98. The van der Waals surface area contributed by atoms with E-state index in [4.69, 9.17) is 0 Å². The van der Waals surface area contributed by atoms with Crippen LogP contribution in [-0.4, -0.2) is 23.1 Å². The van der Waals surface area contributed by atoms with Crippen molar-refractivity contribution in [3.63, 3.8) is 0 Å². The normalized spacial score (nSPS) is 23.1. The van der Waals surface area contributed by atoms with E-state index >= 15 is 0 Å². The fourth-order valence-corrected chi connectivity index (χ4v) is 2.82. The lowest BCUT2D eigenvalue weighted by Gasteiger charge is -2.17. The largest absolute Gasteiger partial charge is 0.369 e. The zero-order chi connectivity index (χ0) is 13.0. The van der Waals surface area contributed by atoms with Gasteiger partial charge in [-0.25, -0.2) is 4.98 Å². The molecule has 100 valence electrons. The lowest BCUT2D eigenvalue weighted by Crippen LogP contribution is -2.17. The van der Waals surface area contributed by atoms with Crippen molar-refractivity contribution in [3.8, 4) is 0 Å². The van der Waals surface area contributed by atoms with Gasteiger partial charge in [-0.3, -0.25) is 0 Å². The van der Waals surface area contributed by atoms with Crippen LogP contribution in [0.25, 0.3) is 0 Å². The minimum Gasteiger partial charge on any atom is -0.369 e. The second-order valence-electron chi connectivity index (χ2n) is 4.97. The summed E-state index contributed by atoms with van der Waals surface area (Å²) in [4.78, 5) is 8.68. The van der Waals surface area contributed by atoms with Crippen LogP contribution < -0.4 is 10.6 Å². The highest BCUT2D eigenvalue weighted by molar-refractivity contribution is 9.10. The van der Waals surface area contributed by atoms with Gasteiger partial charge in [0.1, 0.15) is 5.82 Å². The van der Waals surface area contributed by atoms with Crippen LogP contribution in [0, 0.1) is 11.8 Å². The van der Waals surface area contributed by atoms with Crippen molar-refractivity contribution in [1.82, 2.24) is 9.97 Å². The van der Waals surface area contributed by atoms with E-state index in [2.05, 4.69) is 43.5 Å². The summed E-state index contributed by atoms with van der Waals surface area (Å²) in [6.07, 6.45) is 5.85. The first-order chi connectivity index (χ1) is 8.70. The fourth-order valence-electron chi connectivity index (χ4n) is 2.49. The molecule has 2 rings (SSSR count). The number of nitrogens with zero attached hydrogens (tertiary/aromatic N) is 2. The van der Waals surface area contributed by atoms with Gasteiger partial charge in [0, 0.05) is 19.3 Å². The van der Waals surface area contributed by atoms with E-state index in [9.17, 15) is 0 Å².